The first-order chi connectivity index (χ1) is 10.5. The molecule has 116 valence electrons. The maximum Gasteiger partial charge on any atom is 0.323 e. The SMILES string of the molecule is CC(C)n1ccc(C(=O)N(CC(=O)O)Cc2ccccc2)n1. The predicted molar refractivity (Wildman–Crippen MR) is 81.4 cm³/mol. The predicted octanol–water partition coefficient (Wildman–Crippen LogP) is 2.19. The molecule has 0 atom stereocenters. The van der Waals surface area contributed by atoms with E-state index in [4.69, 9.17) is 5.11 Å². The van der Waals surface area contributed by atoms with Crippen LogP contribution in [0.2, 0.25) is 0 Å². The van der Waals surface area contributed by atoms with Crippen LogP contribution in [0, 0.1) is 0 Å². The normalized spacial score (nSPS) is 10.7. The van der Waals surface area contributed by atoms with Crippen molar-refractivity contribution in [3.8, 4) is 0 Å². The Balaban J connectivity index is 2.20. The minimum absolute atomic E-state index is 0.142. The van der Waals surface area contributed by atoms with E-state index in [-0.39, 0.29) is 30.7 Å². The fraction of sp³-hybridized carbons (Fsp3) is 0.312. The third-order valence-corrected chi connectivity index (χ3v) is 3.19. The Kier molecular flexibility index (Phi) is 4.93. The first-order valence-electron chi connectivity index (χ1n) is 7.07. The van der Waals surface area contributed by atoms with Gasteiger partial charge in [-0.1, -0.05) is 30.3 Å². The van der Waals surface area contributed by atoms with Gasteiger partial charge in [-0.05, 0) is 25.5 Å². The Hall–Kier alpha value is -2.63. The van der Waals surface area contributed by atoms with Gasteiger partial charge >= 0.3 is 5.97 Å². The molecule has 6 heteroatoms. The third kappa shape index (κ3) is 3.94. The van der Waals surface area contributed by atoms with Gasteiger partial charge in [0.15, 0.2) is 0 Å². The number of amides is 1. The van der Waals surface area contributed by atoms with E-state index in [9.17, 15) is 9.59 Å². The lowest BCUT2D eigenvalue weighted by atomic mass is 10.2. The number of carboxylic acids is 1. The Labute approximate surface area is 129 Å². The lowest BCUT2D eigenvalue weighted by Gasteiger charge is -2.19. The van der Waals surface area contributed by atoms with Crippen LogP contribution in [0.4, 0.5) is 0 Å². The molecule has 0 aliphatic rings. The van der Waals surface area contributed by atoms with Gasteiger partial charge in [-0.25, -0.2) is 0 Å². The van der Waals surface area contributed by atoms with Crippen LogP contribution < -0.4 is 0 Å². The van der Waals surface area contributed by atoms with Crippen LogP contribution in [-0.2, 0) is 11.3 Å². The van der Waals surface area contributed by atoms with E-state index in [2.05, 4.69) is 5.10 Å². The van der Waals surface area contributed by atoms with Crippen molar-refractivity contribution in [2.45, 2.75) is 26.4 Å². The maximum atomic E-state index is 12.5. The largest absolute Gasteiger partial charge is 0.480 e. The number of carboxylic acid groups (broad SMARTS) is 1. The van der Waals surface area contributed by atoms with E-state index in [0.29, 0.717) is 0 Å². The molecule has 0 bridgehead atoms. The second kappa shape index (κ2) is 6.89. The van der Waals surface area contributed by atoms with Gasteiger partial charge in [0.1, 0.15) is 12.2 Å². The smallest absolute Gasteiger partial charge is 0.323 e. The maximum absolute atomic E-state index is 12.5. The number of carbonyl (C=O) groups excluding carboxylic acids is 1. The molecule has 22 heavy (non-hydrogen) atoms. The molecule has 0 fully saturated rings. The molecule has 1 N–H and O–H groups in total. The third-order valence-electron chi connectivity index (χ3n) is 3.19. The van der Waals surface area contributed by atoms with E-state index in [1.54, 1.807) is 16.9 Å². The minimum atomic E-state index is -1.05. The van der Waals surface area contributed by atoms with Crippen molar-refractivity contribution in [2.75, 3.05) is 6.54 Å². The number of carbonyl (C=O) groups is 2. The van der Waals surface area contributed by atoms with Gasteiger partial charge in [0.25, 0.3) is 5.91 Å². The lowest BCUT2D eigenvalue weighted by molar-refractivity contribution is -0.137. The molecule has 1 aromatic heterocycles. The van der Waals surface area contributed by atoms with Crippen LogP contribution in [0.3, 0.4) is 0 Å². The van der Waals surface area contributed by atoms with Crippen molar-refractivity contribution in [3.05, 3.63) is 53.9 Å². The summed E-state index contributed by atoms with van der Waals surface area (Å²) in [7, 11) is 0. The van der Waals surface area contributed by atoms with Crippen LogP contribution in [0.25, 0.3) is 0 Å². The molecule has 2 aromatic rings. The Morgan fingerprint density at radius 2 is 1.91 bits per heavy atom. The van der Waals surface area contributed by atoms with Crippen molar-refractivity contribution in [2.24, 2.45) is 0 Å². The molecule has 0 aliphatic carbocycles. The molecule has 0 unspecified atom stereocenters. The second-order valence-corrected chi connectivity index (χ2v) is 5.32. The Morgan fingerprint density at radius 3 is 2.45 bits per heavy atom. The molecule has 0 saturated carbocycles. The minimum Gasteiger partial charge on any atom is -0.480 e. The monoisotopic (exact) mass is 301 g/mol. The summed E-state index contributed by atoms with van der Waals surface area (Å²) >= 11 is 0. The molecule has 1 aromatic carbocycles. The highest BCUT2D eigenvalue weighted by molar-refractivity contribution is 5.94. The highest BCUT2D eigenvalue weighted by Gasteiger charge is 2.21. The van der Waals surface area contributed by atoms with Crippen molar-refractivity contribution in [3.63, 3.8) is 0 Å². The van der Waals surface area contributed by atoms with E-state index in [1.807, 2.05) is 44.2 Å². The van der Waals surface area contributed by atoms with Gasteiger partial charge in [-0.2, -0.15) is 5.10 Å². The molecular formula is C16H19N3O3. The van der Waals surface area contributed by atoms with Gasteiger partial charge < -0.3 is 10.0 Å². The van der Waals surface area contributed by atoms with E-state index in [0.717, 1.165) is 5.56 Å². The van der Waals surface area contributed by atoms with Gasteiger partial charge in [-0.15, -0.1) is 0 Å². The number of benzene rings is 1. The van der Waals surface area contributed by atoms with Gasteiger partial charge in [0, 0.05) is 18.8 Å². The zero-order valence-corrected chi connectivity index (χ0v) is 12.6. The second-order valence-electron chi connectivity index (χ2n) is 5.32. The average molecular weight is 301 g/mol. The zero-order chi connectivity index (χ0) is 16.1. The molecule has 0 spiro atoms. The lowest BCUT2D eigenvalue weighted by Crippen LogP contribution is -2.35. The van der Waals surface area contributed by atoms with Crippen LogP contribution in [0.1, 0.15) is 35.9 Å². The first-order valence-corrected chi connectivity index (χ1v) is 7.07. The number of hydrogen-bond donors (Lipinski definition) is 1. The molecule has 6 nitrogen and oxygen atoms in total. The summed E-state index contributed by atoms with van der Waals surface area (Å²) in [5, 5.41) is 13.2. The van der Waals surface area contributed by atoms with Crippen molar-refractivity contribution < 1.29 is 14.7 Å². The quantitative estimate of drug-likeness (QED) is 0.887. The zero-order valence-electron chi connectivity index (χ0n) is 12.6. The highest BCUT2D eigenvalue weighted by Crippen LogP contribution is 2.10. The van der Waals surface area contributed by atoms with Gasteiger partial charge in [-0.3, -0.25) is 14.3 Å². The summed E-state index contributed by atoms with van der Waals surface area (Å²) in [6, 6.07) is 11.0. The Morgan fingerprint density at radius 1 is 1.23 bits per heavy atom. The highest BCUT2D eigenvalue weighted by atomic mass is 16.4. The molecule has 1 heterocycles. The van der Waals surface area contributed by atoms with Crippen LogP contribution in [-0.4, -0.2) is 38.2 Å². The summed E-state index contributed by atoms with van der Waals surface area (Å²) < 4.78 is 1.68. The summed E-state index contributed by atoms with van der Waals surface area (Å²) in [4.78, 5) is 24.8. The number of hydrogen-bond acceptors (Lipinski definition) is 3. The fourth-order valence-corrected chi connectivity index (χ4v) is 2.07. The van der Waals surface area contributed by atoms with E-state index in [1.165, 1.54) is 4.90 Å². The standard InChI is InChI=1S/C16H19N3O3/c1-12(2)19-9-8-14(17-19)16(22)18(11-15(20)21)10-13-6-4-3-5-7-13/h3-9,12H,10-11H2,1-2H3,(H,20,21). The van der Waals surface area contributed by atoms with E-state index >= 15 is 0 Å². The number of nitrogens with zero attached hydrogens (tertiary/aromatic N) is 3. The first kappa shape index (κ1) is 15.8. The van der Waals surface area contributed by atoms with Crippen LogP contribution in [0.15, 0.2) is 42.6 Å². The van der Waals surface area contributed by atoms with Crippen molar-refractivity contribution in [1.29, 1.82) is 0 Å². The average Bonchev–Trinajstić information content (AvgIpc) is 2.96. The molecule has 1 amide bonds. The number of rotatable bonds is 6. The molecule has 0 aliphatic heterocycles. The van der Waals surface area contributed by atoms with Gasteiger partial charge in [0.2, 0.25) is 0 Å². The summed E-state index contributed by atoms with van der Waals surface area (Å²) in [5.74, 6) is -1.43. The van der Waals surface area contributed by atoms with Gasteiger partial charge in [0.05, 0.1) is 0 Å². The van der Waals surface area contributed by atoms with Crippen molar-refractivity contribution in [1.82, 2.24) is 14.7 Å². The van der Waals surface area contributed by atoms with Crippen molar-refractivity contribution >= 4 is 11.9 Å². The molecule has 2 rings (SSSR count). The summed E-state index contributed by atoms with van der Waals surface area (Å²) in [6.07, 6.45) is 1.72. The van der Waals surface area contributed by atoms with E-state index < -0.39 is 5.97 Å². The summed E-state index contributed by atoms with van der Waals surface area (Å²) in [6.45, 7) is 3.79. The number of aromatic nitrogens is 2. The summed E-state index contributed by atoms with van der Waals surface area (Å²) in [5.41, 5.74) is 1.13. The molecule has 0 radical (unpaired) electrons. The number of aliphatic carboxylic acids is 1. The molecule has 0 saturated heterocycles. The van der Waals surface area contributed by atoms with Crippen LogP contribution in [0.5, 0.6) is 0 Å². The van der Waals surface area contributed by atoms with Crippen LogP contribution >= 0.6 is 0 Å². The topological polar surface area (TPSA) is 75.4 Å². The Bertz CT molecular complexity index is 650. The fourth-order valence-electron chi connectivity index (χ4n) is 2.07. The molecular weight excluding hydrogens is 282 g/mol.